The third kappa shape index (κ3) is 5.90. The zero-order valence-corrected chi connectivity index (χ0v) is 7.81. The van der Waals surface area contributed by atoms with Crippen LogP contribution in [0.15, 0.2) is 11.6 Å². The monoisotopic (exact) mass is 217 g/mol. The lowest BCUT2D eigenvalue weighted by molar-refractivity contribution is -0.207. The summed E-state index contributed by atoms with van der Waals surface area (Å²) in [6, 6.07) is 0. The SMILES string of the molecule is CN(C/C=C/Cl)CC(O)C(F)(F)F. The molecule has 0 aliphatic carbocycles. The number of hydrogen-bond donors (Lipinski definition) is 1. The molecule has 0 saturated carbocycles. The van der Waals surface area contributed by atoms with Gasteiger partial charge in [-0.25, -0.2) is 0 Å². The van der Waals surface area contributed by atoms with Crippen LogP contribution in [0.2, 0.25) is 0 Å². The van der Waals surface area contributed by atoms with Crippen molar-refractivity contribution < 1.29 is 18.3 Å². The Balaban J connectivity index is 3.84. The van der Waals surface area contributed by atoms with Gasteiger partial charge in [-0.2, -0.15) is 13.2 Å². The summed E-state index contributed by atoms with van der Waals surface area (Å²) in [5.41, 5.74) is 1.22. The highest BCUT2D eigenvalue weighted by Gasteiger charge is 2.38. The first-order valence-electron chi connectivity index (χ1n) is 3.56. The zero-order valence-electron chi connectivity index (χ0n) is 7.05. The molecule has 0 aromatic rings. The van der Waals surface area contributed by atoms with Crippen LogP contribution in [0.25, 0.3) is 0 Å². The van der Waals surface area contributed by atoms with E-state index in [9.17, 15) is 13.2 Å². The van der Waals surface area contributed by atoms with Crippen LogP contribution in [0.3, 0.4) is 0 Å². The summed E-state index contributed by atoms with van der Waals surface area (Å²) < 4.78 is 35.4. The quantitative estimate of drug-likeness (QED) is 0.773. The smallest absolute Gasteiger partial charge is 0.382 e. The minimum atomic E-state index is -4.56. The van der Waals surface area contributed by atoms with E-state index in [0.29, 0.717) is 0 Å². The van der Waals surface area contributed by atoms with Crippen molar-refractivity contribution in [2.45, 2.75) is 12.3 Å². The molecule has 0 aliphatic rings. The van der Waals surface area contributed by atoms with E-state index in [1.165, 1.54) is 23.6 Å². The maximum absolute atomic E-state index is 11.8. The highest BCUT2D eigenvalue weighted by atomic mass is 35.5. The third-order valence-corrected chi connectivity index (χ3v) is 1.55. The van der Waals surface area contributed by atoms with Gasteiger partial charge >= 0.3 is 6.18 Å². The van der Waals surface area contributed by atoms with Crippen LogP contribution in [0, 0.1) is 0 Å². The molecule has 0 spiro atoms. The van der Waals surface area contributed by atoms with Crippen molar-refractivity contribution >= 4 is 11.6 Å². The topological polar surface area (TPSA) is 23.5 Å². The van der Waals surface area contributed by atoms with Crippen molar-refractivity contribution in [3.63, 3.8) is 0 Å². The van der Waals surface area contributed by atoms with Gasteiger partial charge in [0, 0.05) is 18.6 Å². The third-order valence-electron chi connectivity index (χ3n) is 1.37. The van der Waals surface area contributed by atoms with Gasteiger partial charge in [0.05, 0.1) is 0 Å². The van der Waals surface area contributed by atoms with Crippen molar-refractivity contribution in [3.8, 4) is 0 Å². The zero-order chi connectivity index (χ0) is 10.5. The van der Waals surface area contributed by atoms with Crippen LogP contribution < -0.4 is 0 Å². The number of alkyl halides is 3. The summed E-state index contributed by atoms with van der Waals surface area (Å²) in [4.78, 5) is 1.32. The molecule has 0 rings (SSSR count). The van der Waals surface area contributed by atoms with Crippen LogP contribution in [0.1, 0.15) is 0 Å². The van der Waals surface area contributed by atoms with E-state index in [4.69, 9.17) is 16.7 Å². The fourth-order valence-electron chi connectivity index (χ4n) is 0.693. The van der Waals surface area contributed by atoms with Crippen LogP contribution in [0.4, 0.5) is 13.2 Å². The van der Waals surface area contributed by atoms with Gasteiger partial charge in [0.15, 0.2) is 6.10 Å². The molecule has 0 fully saturated rings. The maximum Gasteiger partial charge on any atom is 0.415 e. The van der Waals surface area contributed by atoms with Gasteiger partial charge in [0.1, 0.15) is 0 Å². The lowest BCUT2D eigenvalue weighted by atomic mass is 10.3. The largest absolute Gasteiger partial charge is 0.415 e. The number of aliphatic hydroxyl groups is 1. The fourth-order valence-corrected chi connectivity index (χ4v) is 0.773. The van der Waals surface area contributed by atoms with Crippen LogP contribution in [0.5, 0.6) is 0 Å². The Labute approximate surface area is 79.6 Å². The first-order chi connectivity index (χ1) is 5.88. The lowest BCUT2D eigenvalue weighted by Crippen LogP contribution is -2.39. The second-order valence-electron chi connectivity index (χ2n) is 2.64. The van der Waals surface area contributed by atoms with Gasteiger partial charge in [0.2, 0.25) is 0 Å². The Morgan fingerprint density at radius 1 is 1.54 bits per heavy atom. The van der Waals surface area contributed by atoms with Gasteiger partial charge in [-0.1, -0.05) is 17.7 Å². The predicted octanol–water partition coefficient (Wildman–Crippen LogP) is 1.59. The summed E-state index contributed by atoms with van der Waals surface area (Å²) in [5, 5.41) is 8.63. The molecular weight excluding hydrogens is 207 g/mol. The molecule has 1 N–H and O–H groups in total. The number of likely N-dealkylation sites (N-methyl/N-ethyl adjacent to an activating group) is 1. The van der Waals surface area contributed by atoms with Gasteiger partial charge < -0.3 is 5.11 Å². The molecule has 0 aromatic carbocycles. The number of hydrogen-bond acceptors (Lipinski definition) is 2. The summed E-state index contributed by atoms with van der Waals surface area (Å²) in [5.74, 6) is 0. The van der Waals surface area contributed by atoms with Crippen molar-refractivity contribution in [3.05, 3.63) is 11.6 Å². The van der Waals surface area contributed by atoms with E-state index in [0.717, 1.165) is 0 Å². The standard InChI is InChI=1S/C7H11ClF3NO/c1-12(4-2-3-8)5-6(13)7(9,10)11/h2-3,6,13H,4-5H2,1H3/b3-2+. The van der Waals surface area contributed by atoms with Crippen LogP contribution in [-0.4, -0.2) is 42.4 Å². The molecule has 13 heavy (non-hydrogen) atoms. The average molecular weight is 218 g/mol. The molecule has 0 bridgehead atoms. The summed E-state index contributed by atoms with van der Waals surface area (Å²) in [7, 11) is 1.46. The Kier molecular flexibility index (Phi) is 5.36. The Bertz CT molecular complexity index is 172. The minimum absolute atomic E-state index is 0.274. The molecule has 1 atom stereocenters. The summed E-state index contributed by atoms with van der Waals surface area (Å²) in [6.07, 6.45) is -5.37. The van der Waals surface area contributed by atoms with E-state index >= 15 is 0 Å². The number of aliphatic hydroxyl groups excluding tert-OH is 1. The Hall–Kier alpha value is -0.260. The van der Waals surface area contributed by atoms with E-state index in [1.807, 2.05) is 0 Å². The van der Waals surface area contributed by atoms with E-state index in [1.54, 1.807) is 0 Å². The van der Waals surface area contributed by atoms with Crippen molar-refractivity contribution in [2.75, 3.05) is 20.1 Å². The Morgan fingerprint density at radius 3 is 2.46 bits per heavy atom. The molecule has 0 aromatic heterocycles. The average Bonchev–Trinajstić information content (AvgIpc) is 1.99. The molecule has 0 saturated heterocycles. The molecule has 0 amide bonds. The van der Waals surface area contributed by atoms with Crippen molar-refractivity contribution in [1.82, 2.24) is 4.90 Å². The minimum Gasteiger partial charge on any atom is -0.382 e. The van der Waals surface area contributed by atoms with E-state index in [2.05, 4.69) is 0 Å². The molecule has 78 valence electrons. The molecule has 0 aliphatic heterocycles. The number of nitrogens with zero attached hydrogens (tertiary/aromatic N) is 1. The van der Waals surface area contributed by atoms with Crippen molar-refractivity contribution in [1.29, 1.82) is 0 Å². The van der Waals surface area contributed by atoms with Gasteiger partial charge in [-0.15, -0.1) is 0 Å². The summed E-state index contributed by atoms with van der Waals surface area (Å²) >= 11 is 5.18. The molecular formula is C7H11ClF3NO. The molecule has 1 unspecified atom stereocenters. The molecule has 6 heteroatoms. The van der Waals surface area contributed by atoms with Gasteiger partial charge in [-0.05, 0) is 7.05 Å². The molecule has 0 heterocycles. The van der Waals surface area contributed by atoms with Crippen LogP contribution >= 0.6 is 11.6 Å². The lowest BCUT2D eigenvalue weighted by Gasteiger charge is -2.20. The normalized spacial score (nSPS) is 15.6. The summed E-state index contributed by atoms with van der Waals surface area (Å²) in [6.45, 7) is -0.179. The van der Waals surface area contributed by atoms with Crippen molar-refractivity contribution in [2.24, 2.45) is 0 Å². The maximum atomic E-state index is 11.8. The Morgan fingerprint density at radius 2 is 2.08 bits per heavy atom. The number of halogens is 4. The van der Waals surface area contributed by atoms with Crippen LogP contribution in [-0.2, 0) is 0 Å². The highest BCUT2D eigenvalue weighted by molar-refractivity contribution is 6.25. The van der Waals surface area contributed by atoms with Gasteiger partial charge in [-0.3, -0.25) is 4.90 Å². The molecule has 2 nitrogen and oxygen atoms in total. The number of rotatable bonds is 4. The molecule has 0 radical (unpaired) electrons. The van der Waals surface area contributed by atoms with E-state index in [-0.39, 0.29) is 6.54 Å². The first-order valence-corrected chi connectivity index (χ1v) is 4.00. The second kappa shape index (κ2) is 5.47. The van der Waals surface area contributed by atoms with E-state index < -0.39 is 18.8 Å². The first kappa shape index (κ1) is 12.7. The highest BCUT2D eigenvalue weighted by Crippen LogP contribution is 2.20. The predicted molar refractivity (Wildman–Crippen MR) is 44.6 cm³/mol. The van der Waals surface area contributed by atoms with Gasteiger partial charge in [0.25, 0.3) is 0 Å². The second-order valence-corrected chi connectivity index (χ2v) is 2.89. The fraction of sp³-hybridized carbons (Fsp3) is 0.714.